The van der Waals surface area contributed by atoms with Gasteiger partial charge in [0.05, 0.1) is 145 Å². The zero-order chi connectivity index (χ0) is 73.6. The Bertz CT molecular complexity index is 2310. The molecule has 39 heteroatoms. The summed E-state index contributed by atoms with van der Waals surface area (Å²) < 4.78 is 82.4. The molecule has 3 aliphatic heterocycles. The van der Waals surface area contributed by atoms with Crippen LogP contribution in [0.5, 0.6) is 0 Å². The van der Waals surface area contributed by atoms with Crippen molar-refractivity contribution in [2.45, 2.75) is 163 Å². The summed E-state index contributed by atoms with van der Waals surface area (Å²) in [6.45, 7) is 6.73. The van der Waals surface area contributed by atoms with Crippen LogP contribution < -0.4 is 37.2 Å². The quantitative estimate of drug-likeness (QED) is 0.0199. The largest absolute Gasteiger partial charge is 0.511 e. The van der Waals surface area contributed by atoms with Gasteiger partial charge in [0.15, 0.2) is 18.9 Å². The van der Waals surface area contributed by atoms with E-state index in [0.29, 0.717) is 25.7 Å². The standard InChI is InChI=1S/C61H109N7O32/c1-37(72)41(9-5-7-11-62-46(76)34-92-22-19-86-13-16-89-25-28-95-59-49(64-38(2)73)55(82)52(79)43(31-69)98-59)68-58(85)42(67-48(78)36-94-24-21-88-15-18-91-27-30-97-61-51(66-40(4)75)57(84)54(81)45(33-71)100-61)10-6-8-12-63-47(77)35-93-23-20-87-14-17-90-26-29-96-60-50(65-39(3)74)56(83)53(80)44(32-70)99-60/h41-45,49-57,59-61,69-72,79-84H,1,5-36H2,2-4H3,(H,62,76)(H,63,77)(H,64,73)(H,65,74)(H,66,75)(H,67,78)(H,68,85)/t41-,42-,43+,44+,45+,49+,50+,51+,52-,53-,54-,55+,56+,57+,59+,60+,61+/m0/s1. The molecule has 0 saturated carbocycles. The number of unbranched alkanes of at least 4 members (excludes halogenated alkanes) is 2. The minimum atomic E-state index is -1.46. The first-order valence-electron chi connectivity index (χ1n) is 33.3. The van der Waals surface area contributed by atoms with Gasteiger partial charge in [0.25, 0.3) is 0 Å². The van der Waals surface area contributed by atoms with Gasteiger partial charge in [-0.15, -0.1) is 0 Å². The van der Waals surface area contributed by atoms with Gasteiger partial charge >= 0.3 is 0 Å². The smallest absolute Gasteiger partial charge is 0.246 e. The molecule has 0 aromatic carbocycles. The van der Waals surface area contributed by atoms with Crippen LogP contribution in [-0.2, 0) is 105 Å². The second-order valence-electron chi connectivity index (χ2n) is 23.1. The predicted molar refractivity (Wildman–Crippen MR) is 341 cm³/mol. The third-order valence-electron chi connectivity index (χ3n) is 15.1. The van der Waals surface area contributed by atoms with Crippen molar-refractivity contribution in [1.29, 1.82) is 0 Å². The van der Waals surface area contributed by atoms with E-state index in [9.17, 15) is 84.6 Å². The highest BCUT2D eigenvalue weighted by molar-refractivity contribution is 5.88. The fourth-order valence-electron chi connectivity index (χ4n) is 9.93. The Morgan fingerprint density at radius 2 is 0.660 bits per heavy atom. The lowest BCUT2D eigenvalue weighted by Gasteiger charge is -2.42. The highest BCUT2D eigenvalue weighted by Gasteiger charge is 2.48. The van der Waals surface area contributed by atoms with Crippen LogP contribution in [0.15, 0.2) is 12.3 Å². The molecule has 3 saturated heterocycles. The van der Waals surface area contributed by atoms with E-state index in [1.165, 1.54) is 20.8 Å². The first kappa shape index (κ1) is 89.1. The lowest BCUT2D eigenvalue weighted by molar-refractivity contribution is -0.272. The summed E-state index contributed by atoms with van der Waals surface area (Å²) in [5.41, 5.74) is 0. The Hall–Kier alpha value is -5.13. The molecule has 0 aromatic rings. The van der Waals surface area contributed by atoms with Crippen LogP contribution in [0.25, 0.3) is 0 Å². The summed E-state index contributed by atoms with van der Waals surface area (Å²) in [4.78, 5) is 86.7. The topological polar surface area (TPSA) is 544 Å². The van der Waals surface area contributed by atoms with Gasteiger partial charge in [-0.3, -0.25) is 33.6 Å². The van der Waals surface area contributed by atoms with Crippen molar-refractivity contribution in [2.75, 3.05) is 172 Å². The highest BCUT2D eigenvalue weighted by atomic mass is 16.7. The fraction of sp³-hybridized carbons (Fsp3) is 0.852. The summed E-state index contributed by atoms with van der Waals surface area (Å²) in [5.74, 6) is -3.87. The van der Waals surface area contributed by atoms with Crippen LogP contribution in [0.4, 0.5) is 0 Å². The molecule has 0 aliphatic carbocycles. The number of carbonyl (C=O) groups excluding carboxylic acids is 7. The Labute approximate surface area is 580 Å². The fourth-order valence-corrected chi connectivity index (χ4v) is 9.93. The van der Waals surface area contributed by atoms with E-state index < -0.39 is 166 Å². The molecule has 3 aliphatic rings. The van der Waals surface area contributed by atoms with Gasteiger partial charge in [-0.2, -0.15) is 0 Å². The molecule has 7 amide bonds. The molecule has 100 heavy (non-hydrogen) atoms. The number of carbonyl (C=O) groups is 7. The van der Waals surface area contributed by atoms with E-state index in [2.05, 4.69) is 43.8 Å². The number of hydrogen-bond donors (Lipinski definition) is 17. The maximum atomic E-state index is 13.7. The highest BCUT2D eigenvalue weighted by Crippen LogP contribution is 2.25. The SMILES string of the molecule is C=C(O)[C@H](CCCCNC(=O)COCCOCCOCCO[C@@H]1O[C@H](CO)[C@H](O)[C@H](O)[C@H]1NC(C)=O)NC(=O)[C@H](CCCCNC(=O)COCCOCCOCCO[C@@H]1O[C@H](CO)[C@H](O)[C@H](O)[C@H]1NC(C)=O)NC(=O)COCCOCCOCCO[C@@H]1O[C@H](CO)[C@H](O)[C@H](O)[C@H]1NC(C)=O. The predicted octanol–water partition coefficient (Wildman–Crippen LogP) is -8.37. The number of hydrogen-bond acceptors (Lipinski definition) is 32. The Morgan fingerprint density at radius 1 is 0.380 bits per heavy atom. The summed E-state index contributed by atoms with van der Waals surface area (Å²) >= 11 is 0. The maximum Gasteiger partial charge on any atom is 0.246 e. The van der Waals surface area contributed by atoms with Crippen molar-refractivity contribution >= 4 is 41.4 Å². The average molecular weight is 1450 g/mol. The van der Waals surface area contributed by atoms with E-state index in [1.807, 2.05) is 0 Å². The average Bonchev–Trinajstić information content (AvgIpc) is 0.824. The van der Waals surface area contributed by atoms with Crippen molar-refractivity contribution in [3.63, 3.8) is 0 Å². The minimum Gasteiger partial charge on any atom is -0.511 e. The summed E-state index contributed by atoms with van der Waals surface area (Å²) in [6.07, 6.45) is -13.6. The first-order chi connectivity index (χ1) is 48.0. The molecule has 3 fully saturated rings. The minimum absolute atomic E-state index is 0.00501. The Morgan fingerprint density at radius 3 is 0.950 bits per heavy atom. The molecular formula is C61H109N7O32. The molecule has 39 nitrogen and oxygen atoms in total. The molecule has 0 bridgehead atoms. The number of amides is 7. The molecule has 0 aromatic heterocycles. The van der Waals surface area contributed by atoms with Gasteiger partial charge < -0.3 is 159 Å². The van der Waals surface area contributed by atoms with Crippen molar-refractivity contribution in [2.24, 2.45) is 0 Å². The van der Waals surface area contributed by atoms with Crippen molar-refractivity contribution in [3.05, 3.63) is 12.3 Å². The molecule has 580 valence electrons. The van der Waals surface area contributed by atoms with Crippen LogP contribution in [0.3, 0.4) is 0 Å². The van der Waals surface area contributed by atoms with E-state index in [0.717, 1.165) is 0 Å². The van der Waals surface area contributed by atoms with Gasteiger partial charge in [0, 0.05) is 33.9 Å². The summed E-state index contributed by atoms with van der Waals surface area (Å²) in [6, 6.07) is -5.29. The maximum absolute atomic E-state index is 13.7. The molecule has 3 heterocycles. The zero-order valence-corrected chi connectivity index (χ0v) is 57.1. The van der Waals surface area contributed by atoms with Gasteiger partial charge in [0.2, 0.25) is 41.4 Å². The van der Waals surface area contributed by atoms with Crippen LogP contribution in [0.1, 0.15) is 59.3 Å². The number of aliphatic hydroxyl groups excluding tert-OH is 10. The van der Waals surface area contributed by atoms with E-state index >= 15 is 0 Å². The first-order valence-corrected chi connectivity index (χ1v) is 33.3. The lowest BCUT2D eigenvalue weighted by Crippen LogP contribution is -2.64. The van der Waals surface area contributed by atoms with Gasteiger partial charge in [-0.05, 0) is 38.5 Å². The van der Waals surface area contributed by atoms with Gasteiger partial charge in [-0.1, -0.05) is 6.58 Å². The molecule has 0 spiro atoms. The molecular weight excluding hydrogens is 1340 g/mol. The summed E-state index contributed by atoms with van der Waals surface area (Å²) in [5, 5.41) is 119. The number of nitrogens with one attached hydrogen (secondary N) is 7. The number of aliphatic hydroxyl groups is 10. The number of rotatable bonds is 56. The van der Waals surface area contributed by atoms with Crippen molar-refractivity contribution < 1.29 is 156 Å². The van der Waals surface area contributed by atoms with E-state index in [-0.39, 0.29) is 170 Å². The van der Waals surface area contributed by atoms with Crippen LogP contribution >= 0.6 is 0 Å². The van der Waals surface area contributed by atoms with Crippen LogP contribution in [-0.4, -0.2) is 368 Å². The molecule has 17 N–H and O–H groups in total. The van der Waals surface area contributed by atoms with Gasteiger partial charge in [0.1, 0.15) is 105 Å². The molecule has 0 unspecified atom stereocenters. The van der Waals surface area contributed by atoms with Crippen LogP contribution in [0, 0.1) is 0 Å². The van der Waals surface area contributed by atoms with E-state index in [1.54, 1.807) is 0 Å². The normalized spacial score (nSPS) is 25.8. The number of ether oxygens (including phenoxy) is 15. The second-order valence-corrected chi connectivity index (χ2v) is 23.1. The van der Waals surface area contributed by atoms with Crippen molar-refractivity contribution in [1.82, 2.24) is 37.2 Å². The van der Waals surface area contributed by atoms with Crippen molar-refractivity contribution in [3.8, 4) is 0 Å². The zero-order valence-electron chi connectivity index (χ0n) is 57.1. The molecule has 17 atom stereocenters. The van der Waals surface area contributed by atoms with Crippen LogP contribution in [0.2, 0.25) is 0 Å². The Kier molecular flexibility index (Phi) is 47.0. The monoisotopic (exact) mass is 1450 g/mol. The van der Waals surface area contributed by atoms with E-state index in [4.69, 9.17) is 71.1 Å². The molecule has 3 rings (SSSR count). The molecule has 0 radical (unpaired) electrons. The third-order valence-corrected chi connectivity index (χ3v) is 15.1. The van der Waals surface area contributed by atoms with Gasteiger partial charge in [-0.25, -0.2) is 0 Å². The summed E-state index contributed by atoms with van der Waals surface area (Å²) in [7, 11) is 0. The lowest BCUT2D eigenvalue weighted by atomic mass is 9.97. The third kappa shape index (κ3) is 36.3. The second kappa shape index (κ2) is 52.8. The Balaban J connectivity index is 1.34.